The van der Waals surface area contributed by atoms with E-state index in [0.717, 1.165) is 16.7 Å². The molecule has 0 bridgehead atoms. The zero-order valence-electron chi connectivity index (χ0n) is 20.3. The topological polar surface area (TPSA) is 98.5 Å². The number of aromatic nitrogens is 5. The van der Waals surface area contributed by atoms with E-state index in [0.29, 0.717) is 68.0 Å². The van der Waals surface area contributed by atoms with Gasteiger partial charge >= 0.3 is 0 Å². The van der Waals surface area contributed by atoms with Gasteiger partial charge < -0.3 is 19.3 Å². The molecule has 1 fully saturated rings. The van der Waals surface area contributed by atoms with Gasteiger partial charge in [0.1, 0.15) is 13.2 Å². The number of hydrogen-bond donors (Lipinski definition) is 0. The average Bonchev–Trinajstić information content (AvgIpc) is 3.37. The standard InChI is InChI=1S/C26H27N7O3/c1-17(2)33-24-20(16-29-33)19(15-21(30-24)18-4-5-22-23(14-18)36-13-12-35-22)25(34)31-8-10-32(11-9-31)26-27-6-3-7-28-26/h3-7,14-17H,8-13H2,1-2H3. The quantitative estimate of drug-likeness (QED) is 0.435. The normalized spacial score (nSPS) is 15.5. The van der Waals surface area contributed by atoms with Gasteiger partial charge in [0.05, 0.1) is 22.8 Å². The highest BCUT2D eigenvalue weighted by Gasteiger charge is 2.27. The third kappa shape index (κ3) is 3.98. The Morgan fingerprint density at radius 2 is 1.72 bits per heavy atom. The average molecular weight is 486 g/mol. The molecule has 0 N–H and O–H groups in total. The molecule has 0 spiro atoms. The van der Waals surface area contributed by atoms with Crippen molar-refractivity contribution in [3.8, 4) is 22.8 Å². The molecular weight excluding hydrogens is 458 g/mol. The van der Waals surface area contributed by atoms with E-state index in [9.17, 15) is 4.79 Å². The SMILES string of the molecule is CC(C)n1ncc2c(C(=O)N3CCN(c4ncccn4)CC3)cc(-c3ccc4c(c3)OCCO4)nc21. The molecule has 10 heteroatoms. The van der Waals surface area contributed by atoms with E-state index >= 15 is 0 Å². The Labute approximate surface area is 208 Å². The van der Waals surface area contributed by atoms with Gasteiger partial charge in [0.2, 0.25) is 5.95 Å². The highest BCUT2D eigenvalue weighted by atomic mass is 16.6. The van der Waals surface area contributed by atoms with Crippen LogP contribution in [0.2, 0.25) is 0 Å². The first kappa shape index (κ1) is 22.3. The molecule has 0 unspecified atom stereocenters. The molecule has 10 nitrogen and oxygen atoms in total. The van der Waals surface area contributed by atoms with Crippen LogP contribution in [0.1, 0.15) is 30.2 Å². The summed E-state index contributed by atoms with van der Waals surface area (Å²) in [4.78, 5) is 31.4. The predicted molar refractivity (Wildman–Crippen MR) is 134 cm³/mol. The fourth-order valence-electron chi connectivity index (χ4n) is 4.66. The Kier molecular flexibility index (Phi) is 5.63. The summed E-state index contributed by atoms with van der Waals surface area (Å²) in [6.45, 7) is 7.65. The number of carbonyl (C=O) groups is 1. The Morgan fingerprint density at radius 1 is 0.972 bits per heavy atom. The highest BCUT2D eigenvalue weighted by molar-refractivity contribution is 6.06. The lowest BCUT2D eigenvalue weighted by molar-refractivity contribution is 0.0748. The summed E-state index contributed by atoms with van der Waals surface area (Å²) < 4.78 is 13.3. The molecule has 0 atom stereocenters. The van der Waals surface area contributed by atoms with Crippen LogP contribution in [0.15, 0.2) is 48.9 Å². The van der Waals surface area contributed by atoms with Crippen molar-refractivity contribution in [1.29, 1.82) is 0 Å². The number of amides is 1. The maximum atomic E-state index is 13.8. The molecule has 0 aliphatic carbocycles. The van der Waals surface area contributed by atoms with Gasteiger partial charge in [0, 0.05) is 50.2 Å². The van der Waals surface area contributed by atoms with Crippen LogP contribution in [0.5, 0.6) is 11.5 Å². The molecule has 1 aromatic carbocycles. The van der Waals surface area contributed by atoms with E-state index in [4.69, 9.17) is 14.5 Å². The van der Waals surface area contributed by atoms with Gasteiger partial charge in [0.25, 0.3) is 5.91 Å². The van der Waals surface area contributed by atoms with Crippen molar-refractivity contribution in [1.82, 2.24) is 29.6 Å². The van der Waals surface area contributed by atoms with E-state index in [-0.39, 0.29) is 11.9 Å². The summed E-state index contributed by atoms with van der Waals surface area (Å²) in [5, 5.41) is 5.31. The Bertz CT molecular complexity index is 1410. The molecule has 6 rings (SSSR count). The van der Waals surface area contributed by atoms with Crippen LogP contribution in [-0.2, 0) is 0 Å². The van der Waals surface area contributed by atoms with Crippen LogP contribution in [0.25, 0.3) is 22.3 Å². The first-order chi connectivity index (χ1) is 17.6. The van der Waals surface area contributed by atoms with Crippen LogP contribution in [0, 0.1) is 0 Å². The zero-order chi connectivity index (χ0) is 24.6. The largest absolute Gasteiger partial charge is 0.486 e. The molecule has 184 valence electrons. The number of ether oxygens (including phenoxy) is 2. The minimum absolute atomic E-state index is 0.0295. The summed E-state index contributed by atoms with van der Waals surface area (Å²) in [6.07, 6.45) is 5.22. The molecule has 1 amide bonds. The maximum absolute atomic E-state index is 13.8. The lowest BCUT2D eigenvalue weighted by Crippen LogP contribution is -2.49. The van der Waals surface area contributed by atoms with E-state index in [1.807, 2.05) is 33.8 Å². The lowest BCUT2D eigenvalue weighted by atomic mass is 10.0. The number of hydrogen-bond acceptors (Lipinski definition) is 8. The Morgan fingerprint density at radius 3 is 2.47 bits per heavy atom. The molecule has 5 heterocycles. The van der Waals surface area contributed by atoms with Gasteiger partial charge in [-0.15, -0.1) is 0 Å². The fraction of sp³-hybridized carbons (Fsp3) is 0.346. The van der Waals surface area contributed by atoms with Crippen LogP contribution in [-0.4, -0.2) is 74.9 Å². The second-order valence-corrected chi connectivity index (χ2v) is 9.16. The molecule has 0 radical (unpaired) electrons. The summed E-state index contributed by atoms with van der Waals surface area (Å²) in [5.41, 5.74) is 2.84. The predicted octanol–water partition coefficient (Wildman–Crippen LogP) is 3.20. The number of fused-ring (bicyclic) bond motifs is 2. The van der Waals surface area contributed by atoms with Crippen LogP contribution >= 0.6 is 0 Å². The van der Waals surface area contributed by atoms with Crippen molar-refractivity contribution in [2.24, 2.45) is 0 Å². The fourth-order valence-corrected chi connectivity index (χ4v) is 4.66. The van der Waals surface area contributed by atoms with Gasteiger partial charge in [-0.05, 0) is 44.2 Å². The number of pyridine rings is 1. The number of rotatable bonds is 4. The number of anilines is 1. The van der Waals surface area contributed by atoms with Crippen molar-refractivity contribution >= 4 is 22.9 Å². The molecule has 0 saturated carbocycles. The minimum atomic E-state index is -0.0295. The molecule has 2 aliphatic rings. The summed E-state index contributed by atoms with van der Waals surface area (Å²) >= 11 is 0. The van der Waals surface area contributed by atoms with Crippen molar-refractivity contribution in [2.45, 2.75) is 19.9 Å². The maximum Gasteiger partial charge on any atom is 0.254 e. The molecule has 36 heavy (non-hydrogen) atoms. The van der Waals surface area contributed by atoms with Crippen molar-refractivity contribution in [3.05, 3.63) is 54.5 Å². The molecular formula is C26H27N7O3. The first-order valence-electron chi connectivity index (χ1n) is 12.2. The van der Waals surface area contributed by atoms with Gasteiger partial charge in [-0.1, -0.05) is 0 Å². The number of nitrogens with zero attached hydrogens (tertiary/aromatic N) is 7. The Hall–Kier alpha value is -4.21. The van der Waals surface area contributed by atoms with Crippen molar-refractivity contribution in [3.63, 3.8) is 0 Å². The van der Waals surface area contributed by atoms with E-state index in [1.165, 1.54) is 0 Å². The summed E-state index contributed by atoms with van der Waals surface area (Å²) in [7, 11) is 0. The van der Waals surface area contributed by atoms with E-state index in [1.54, 1.807) is 24.7 Å². The van der Waals surface area contributed by atoms with Gasteiger partial charge in [0.15, 0.2) is 17.1 Å². The monoisotopic (exact) mass is 485 g/mol. The third-order valence-electron chi connectivity index (χ3n) is 6.53. The first-order valence-corrected chi connectivity index (χ1v) is 12.2. The third-order valence-corrected chi connectivity index (χ3v) is 6.53. The van der Waals surface area contributed by atoms with Gasteiger partial charge in [-0.3, -0.25) is 4.79 Å². The lowest BCUT2D eigenvalue weighted by Gasteiger charge is -2.34. The molecule has 4 aromatic rings. The van der Waals surface area contributed by atoms with E-state index < -0.39 is 0 Å². The minimum Gasteiger partial charge on any atom is -0.486 e. The molecule has 2 aliphatic heterocycles. The number of piperazine rings is 1. The summed E-state index contributed by atoms with van der Waals surface area (Å²) in [5.74, 6) is 2.06. The van der Waals surface area contributed by atoms with Crippen LogP contribution < -0.4 is 14.4 Å². The second kappa shape index (κ2) is 9.10. The van der Waals surface area contributed by atoms with Crippen molar-refractivity contribution < 1.29 is 14.3 Å². The van der Waals surface area contributed by atoms with Crippen LogP contribution in [0.3, 0.4) is 0 Å². The summed E-state index contributed by atoms with van der Waals surface area (Å²) in [6, 6.07) is 9.53. The van der Waals surface area contributed by atoms with Gasteiger partial charge in [-0.25, -0.2) is 19.6 Å². The second-order valence-electron chi connectivity index (χ2n) is 9.16. The Balaban J connectivity index is 1.35. The van der Waals surface area contributed by atoms with Crippen molar-refractivity contribution in [2.75, 3.05) is 44.3 Å². The molecule has 3 aromatic heterocycles. The van der Waals surface area contributed by atoms with Crippen LogP contribution in [0.4, 0.5) is 5.95 Å². The highest BCUT2D eigenvalue weighted by Crippen LogP contribution is 2.35. The number of benzene rings is 1. The van der Waals surface area contributed by atoms with Gasteiger partial charge in [-0.2, -0.15) is 5.10 Å². The number of carbonyl (C=O) groups excluding carboxylic acids is 1. The smallest absolute Gasteiger partial charge is 0.254 e. The zero-order valence-corrected chi connectivity index (χ0v) is 20.3. The van der Waals surface area contributed by atoms with E-state index in [2.05, 4.69) is 33.8 Å². The molecule has 1 saturated heterocycles.